The Balaban J connectivity index is 0.00000242. The summed E-state index contributed by atoms with van der Waals surface area (Å²) in [6.07, 6.45) is -4.77. The van der Waals surface area contributed by atoms with Crippen molar-refractivity contribution >= 4 is 12.4 Å². The maximum Gasteiger partial charge on any atom is 0.573 e. The van der Waals surface area contributed by atoms with Crippen molar-refractivity contribution in [2.75, 3.05) is 0 Å². The number of ether oxygens (including phenoxy) is 1. The SMILES string of the molecule is Cl.N[C@H](c1ccc(OC(F)(F)F)cc1)c1cccc(F)c1O. The summed E-state index contributed by atoms with van der Waals surface area (Å²) in [4.78, 5) is 0. The molecule has 0 aliphatic rings. The number of para-hydroxylation sites is 1. The minimum Gasteiger partial charge on any atom is -0.505 e. The molecular formula is C14H12ClF4NO2. The average molecular weight is 338 g/mol. The topological polar surface area (TPSA) is 55.5 Å². The van der Waals surface area contributed by atoms with E-state index in [1.807, 2.05) is 0 Å². The van der Waals surface area contributed by atoms with Crippen LogP contribution in [0.25, 0.3) is 0 Å². The molecule has 2 aromatic rings. The lowest BCUT2D eigenvalue weighted by Gasteiger charge is -2.15. The van der Waals surface area contributed by atoms with Crippen LogP contribution in [-0.2, 0) is 0 Å². The van der Waals surface area contributed by atoms with Gasteiger partial charge >= 0.3 is 6.36 Å². The molecule has 3 nitrogen and oxygen atoms in total. The van der Waals surface area contributed by atoms with Gasteiger partial charge in [-0.2, -0.15) is 0 Å². The predicted molar refractivity (Wildman–Crippen MR) is 74.5 cm³/mol. The lowest BCUT2D eigenvalue weighted by atomic mass is 9.98. The summed E-state index contributed by atoms with van der Waals surface area (Å²) in [7, 11) is 0. The van der Waals surface area contributed by atoms with Crippen molar-refractivity contribution in [1.82, 2.24) is 0 Å². The van der Waals surface area contributed by atoms with Gasteiger partial charge in [-0.1, -0.05) is 24.3 Å². The van der Waals surface area contributed by atoms with Crippen molar-refractivity contribution in [3.05, 3.63) is 59.4 Å². The van der Waals surface area contributed by atoms with E-state index >= 15 is 0 Å². The number of aromatic hydroxyl groups is 1. The number of alkyl halides is 3. The van der Waals surface area contributed by atoms with E-state index in [9.17, 15) is 22.7 Å². The Bertz CT molecular complexity index is 632. The molecule has 0 heterocycles. The minimum absolute atomic E-state index is 0. The molecule has 0 unspecified atom stereocenters. The molecular weight excluding hydrogens is 326 g/mol. The summed E-state index contributed by atoms with van der Waals surface area (Å²) in [5.41, 5.74) is 6.42. The molecule has 0 aromatic heterocycles. The number of phenolic OH excluding ortho intramolecular Hbond substituents is 1. The van der Waals surface area contributed by atoms with Crippen LogP contribution in [0.4, 0.5) is 17.6 Å². The van der Waals surface area contributed by atoms with Gasteiger partial charge in [0, 0.05) is 5.56 Å². The summed E-state index contributed by atoms with van der Waals surface area (Å²) < 4.78 is 53.1. The normalized spacial score (nSPS) is 12.4. The number of halogens is 5. The highest BCUT2D eigenvalue weighted by molar-refractivity contribution is 5.85. The molecule has 1 atom stereocenters. The molecule has 0 spiro atoms. The lowest BCUT2D eigenvalue weighted by Crippen LogP contribution is -2.17. The van der Waals surface area contributed by atoms with Crippen molar-refractivity contribution < 1.29 is 27.4 Å². The molecule has 0 fully saturated rings. The zero-order valence-corrected chi connectivity index (χ0v) is 11.8. The van der Waals surface area contributed by atoms with Gasteiger partial charge in [-0.05, 0) is 23.8 Å². The first-order chi connectivity index (χ1) is 9.78. The molecule has 0 amide bonds. The maximum absolute atomic E-state index is 13.3. The second-order valence-electron chi connectivity index (χ2n) is 4.27. The Morgan fingerprint density at radius 2 is 1.64 bits per heavy atom. The first-order valence-corrected chi connectivity index (χ1v) is 5.86. The third-order valence-corrected chi connectivity index (χ3v) is 2.83. The van der Waals surface area contributed by atoms with Gasteiger partial charge in [-0.25, -0.2) is 4.39 Å². The highest BCUT2D eigenvalue weighted by Crippen LogP contribution is 2.31. The minimum atomic E-state index is -4.77. The van der Waals surface area contributed by atoms with E-state index < -0.39 is 24.0 Å². The largest absolute Gasteiger partial charge is 0.573 e. The van der Waals surface area contributed by atoms with Gasteiger partial charge in [-0.3, -0.25) is 0 Å². The number of hydrogen-bond acceptors (Lipinski definition) is 3. The highest BCUT2D eigenvalue weighted by atomic mass is 35.5. The molecule has 2 rings (SSSR count). The van der Waals surface area contributed by atoms with E-state index in [1.165, 1.54) is 24.3 Å². The zero-order valence-electron chi connectivity index (χ0n) is 11.0. The lowest BCUT2D eigenvalue weighted by molar-refractivity contribution is -0.274. The average Bonchev–Trinajstić information content (AvgIpc) is 2.40. The van der Waals surface area contributed by atoms with Gasteiger partial charge in [0.15, 0.2) is 11.6 Å². The second kappa shape index (κ2) is 6.85. The van der Waals surface area contributed by atoms with Crippen LogP contribution in [0.2, 0.25) is 0 Å². The van der Waals surface area contributed by atoms with Crippen LogP contribution in [0.5, 0.6) is 11.5 Å². The van der Waals surface area contributed by atoms with Crippen LogP contribution < -0.4 is 10.5 Å². The third kappa shape index (κ3) is 4.25. The van der Waals surface area contributed by atoms with Crippen molar-refractivity contribution in [2.24, 2.45) is 5.73 Å². The summed E-state index contributed by atoms with van der Waals surface area (Å²) in [6.45, 7) is 0. The predicted octanol–water partition coefficient (Wildman–Crippen LogP) is 3.90. The van der Waals surface area contributed by atoms with Crippen LogP contribution in [0.15, 0.2) is 42.5 Å². The zero-order chi connectivity index (χ0) is 15.6. The molecule has 3 N–H and O–H groups in total. The fraction of sp³-hybridized carbons (Fsp3) is 0.143. The molecule has 22 heavy (non-hydrogen) atoms. The molecule has 0 radical (unpaired) electrons. The molecule has 8 heteroatoms. The Kier molecular flexibility index (Phi) is 5.62. The summed E-state index contributed by atoms with van der Waals surface area (Å²) in [5.74, 6) is -1.79. The molecule has 120 valence electrons. The van der Waals surface area contributed by atoms with Gasteiger partial charge in [0.1, 0.15) is 5.75 Å². The van der Waals surface area contributed by atoms with E-state index in [-0.39, 0.29) is 23.7 Å². The Morgan fingerprint density at radius 1 is 1.05 bits per heavy atom. The number of rotatable bonds is 3. The number of phenols is 1. The fourth-order valence-corrected chi connectivity index (χ4v) is 1.84. The van der Waals surface area contributed by atoms with Crippen molar-refractivity contribution in [3.8, 4) is 11.5 Å². The van der Waals surface area contributed by atoms with Gasteiger partial charge in [-0.15, -0.1) is 25.6 Å². The van der Waals surface area contributed by atoms with Gasteiger partial charge in [0.25, 0.3) is 0 Å². The second-order valence-corrected chi connectivity index (χ2v) is 4.27. The Labute approximate surface area is 129 Å². The van der Waals surface area contributed by atoms with Crippen LogP contribution in [0, 0.1) is 5.82 Å². The van der Waals surface area contributed by atoms with E-state index in [1.54, 1.807) is 0 Å². The smallest absolute Gasteiger partial charge is 0.505 e. The first-order valence-electron chi connectivity index (χ1n) is 5.86. The fourth-order valence-electron chi connectivity index (χ4n) is 1.84. The quantitative estimate of drug-likeness (QED) is 0.835. The third-order valence-electron chi connectivity index (χ3n) is 2.83. The number of benzene rings is 2. The van der Waals surface area contributed by atoms with Crippen molar-refractivity contribution in [2.45, 2.75) is 12.4 Å². The van der Waals surface area contributed by atoms with Crippen molar-refractivity contribution in [1.29, 1.82) is 0 Å². The molecule has 0 aliphatic heterocycles. The molecule has 0 saturated carbocycles. The van der Waals surface area contributed by atoms with Crippen LogP contribution in [0.3, 0.4) is 0 Å². The monoisotopic (exact) mass is 337 g/mol. The summed E-state index contributed by atoms with van der Waals surface area (Å²) in [6, 6.07) is 7.84. The van der Waals surface area contributed by atoms with Crippen LogP contribution in [0.1, 0.15) is 17.2 Å². The standard InChI is InChI=1S/C14H11F4NO2.ClH/c15-11-3-1-2-10(13(11)20)12(19)8-4-6-9(7-5-8)21-14(16,17)18;/h1-7,12,20H,19H2;1H/t12-;/m1./s1. The number of hydrogen-bond donors (Lipinski definition) is 2. The van der Waals surface area contributed by atoms with Crippen molar-refractivity contribution in [3.63, 3.8) is 0 Å². The van der Waals surface area contributed by atoms with E-state index in [4.69, 9.17) is 5.73 Å². The molecule has 2 aromatic carbocycles. The van der Waals surface area contributed by atoms with Crippen LogP contribution >= 0.6 is 12.4 Å². The van der Waals surface area contributed by atoms with E-state index in [0.717, 1.165) is 18.2 Å². The van der Waals surface area contributed by atoms with Gasteiger partial charge in [0.2, 0.25) is 0 Å². The Morgan fingerprint density at radius 3 is 2.18 bits per heavy atom. The molecule has 0 aliphatic carbocycles. The van der Waals surface area contributed by atoms with Gasteiger partial charge < -0.3 is 15.6 Å². The molecule has 0 saturated heterocycles. The number of nitrogens with two attached hydrogens (primary N) is 1. The van der Waals surface area contributed by atoms with E-state index in [0.29, 0.717) is 5.56 Å². The maximum atomic E-state index is 13.3. The first kappa shape index (κ1) is 18.1. The summed E-state index contributed by atoms with van der Waals surface area (Å²) in [5, 5.41) is 9.61. The van der Waals surface area contributed by atoms with E-state index in [2.05, 4.69) is 4.74 Å². The highest BCUT2D eigenvalue weighted by Gasteiger charge is 2.31. The van der Waals surface area contributed by atoms with Crippen LogP contribution in [-0.4, -0.2) is 11.5 Å². The molecule has 0 bridgehead atoms. The van der Waals surface area contributed by atoms with Gasteiger partial charge in [0.05, 0.1) is 6.04 Å². The Hall–Kier alpha value is -1.99. The summed E-state index contributed by atoms with van der Waals surface area (Å²) >= 11 is 0.